The normalized spacial score (nSPS) is 24.4. The van der Waals surface area contributed by atoms with E-state index in [2.05, 4.69) is 4.98 Å². The summed E-state index contributed by atoms with van der Waals surface area (Å²) in [7, 11) is 3.33. The van der Waals surface area contributed by atoms with Gasteiger partial charge in [0.1, 0.15) is 0 Å². The predicted octanol–water partition coefficient (Wildman–Crippen LogP) is 0.715. The highest BCUT2D eigenvalue weighted by Crippen LogP contribution is 2.39. The number of hydrogen-bond acceptors (Lipinski definition) is 4. The highest BCUT2D eigenvalue weighted by atomic mass is 16.4. The van der Waals surface area contributed by atoms with Gasteiger partial charge in [0, 0.05) is 20.6 Å². The first kappa shape index (κ1) is 16.5. The molecule has 0 unspecified atom stereocenters. The summed E-state index contributed by atoms with van der Waals surface area (Å²) in [6.45, 7) is 2.08. The molecule has 2 heterocycles. The minimum absolute atomic E-state index is 0.133. The number of aromatic nitrogens is 4. The fraction of sp³-hybridized carbons (Fsp3) is 0.625. The zero-order valence-corrected chi connectivity index (χ0v) is 14.2. The van der Waals surface area contributed by atoms with Crippen molar-refractivity contribution in [3.8, 4) is 0 Å². The molecule has 8 heteroatoms. The average Bonchev–Trinajstić information content (AvgIpc) is 2.93. The van der Waals surface area contributed by atoms with Gasteiger partial charge in [-0.1, -0.05) is 0 Å². The van der Waals surface area contributed by atoms with Crippen molar-refractivity contribution in [1.29, 1.82) is 0 Å². The fourth-order valence-electron chi connectivity index (χ4n) is 3.53. The maximum Gasteiger partial charge on any atom is 0.332 e. The Labute approximate surface area is 138 Å². The van der Waals surface area contributed by atoms with Crippen LogP contribution < -0.4 is 11.2 Å². The number of fused-ring (bicyclic) bond motifs is 1. The van der Waals surface area contributed by atoms with Crippen molar-refractivity contribution >= 4 is 17.1 Å². The molecule has 1 fully saturated rings. The molecule has 1 N–H and O–H groups in total. The highest BCUT2D eigenvalue weighted by molar-refractivity contribution is 5.74. The van der Waals surface area contributed by atoms with Crippen molar-refractivity contribution in [2.24, 2.45) is 25.4 Å². The molecule has 8 nitrogen and oxygen atoms in total. The summed E-state index contributed by atoms with van der Waals surface area (Å²) in [6, 6.07) is 0. The van der Waals surface area contributed by atoms with Gasteiger partial charge in [-0.3, -0.25) is 18.7 Å². The number of aliphatic carboxylic acids is 1. The van der Waals surface area contributed by atoms with Crippen molar-refractivity contribution in [2.45, 2.75) is 39.2 Å². The zero-order chi connectivity index (χ0) is 17.6. The van der Waals surface area contributed by atoms with Crippen LogP contribution in [0.15, 0.2) is 15.9 Å². The third kappa shape index (κ3) is 2.46. The number of carbonyl (C=O) groups is 1. The molecule has 3 rings (SSSR count). The molecule has 1 aliphatic rings. The van der Waals surface area contributed by atoms with Crippen LogP contribution in [0.4, 0.5) is 0 Å². The van der Waals surface area contributed by atoms with Gasteiger partial charge >= 0.3 is 11.7 Å². The lowest BCUT2D eigenvalue weighted by Crippen LogP contribution is -2.42. The second kappa shape index (κ2) is 5.61. The van der Waals surface area contributed by atoms with Gasteiger partial charge in [-0.2, -0.15) is 0 Å². The molecule has 0 atom stereocenters. The predicted molar refractivity (Wildman–Crippen MR) is 87.9 cm³/mol. The smallest absolute Gasteiger partial charge is 0.332 e. The summed E-state index contributed by atoms with van der Waals surface area (Å²) in [5.74, 6) is -0.640. The Morgan fingerprint density at radius 2 is 1.96 bits per heavy atom. The van der Waals surface area contributed by atoms with E-state index < -0.39 is 11.4 Å². The SMILES string of the molecule is Cn1cnc2c1c(=O)n(C[C@H]1CC[C@](C)(C(=O)O)CC1)c(=O)n2C. The Kier molecular flexibility index (Phi) is 3.85. The Hall–Kier alpha value is -2.38. The van der Waals surface area contributed by atoms with Crippen LogP contribution in [0.5, 0.6) is 0 Å². The van der Waals surface area contributed by atoms with Crippen LogP contribution >= 0.6 is 0 Å². The van der Waals surface area contributed by atoms with Gasteiger partial charge in [-0.05, 0) is 38.5 Å². The quantitative estimate of drug-likeness (QED) is 0.891. The summed E-state index contributed by atoms with van der Waals surface area (Å²) in [5.41, 5.74) is -0.620. The molecule has 0 saturated heterocycles. The van der Waals surface area contributed by atoms with Gasteiger partial charge in [-0.15, -0.1) is 0 Å². The Bertz CT molecular complexity index is 913. The van der Waals surface area contributed by atoms with E-state index in [1.807, 2.05) is 0 Å². The number of carboxylic acids is 1. The van der Waals surface area contributed by atoms with E-state index in [1.54, 1.807) is 25.6 Å². The summed E-state index contributed by atoms with van der Waals surface area (Å²) in [5, 5.41) is 9.31. The summed E-state index contributed by atoms with van der Waals surface area (Å²) in [4.78, 5) is 40.6. The second-order valence-corrected chi connectivity index (χ2v) is 7.09. The van der Waals surface area contributed by atoms with E-state index in [9.17, 15) is 19.5 Å². The molecule has 0 aromatic carbocycles. The van der Waals surface area contributed by atoms with Crippen LogP contribution in [0, 0.1) is 11.3 Å². The molecule has 0 amide bonds. The molecule has 2 aromatic heterocycles. The summed E-state index contributed by atoms with van der Waals surface area (Å²) >= 11 is 0. The zero-order valence-electron chi connectivity index (χ0n) is 14.2. The van der Waals surface area contributed by atoms with Crippen LogP contribution in [0.2, 0.25) is 0 Å². The third-order valence-corrected chi connectivity index (χ3v) is 5.37. The van der Waals surface area contributed by atoms with E-state index in [0.717, 1.165) is 0 Å². The lowest BCUT2D eigenvalue weighted by Gasteiger charge is -2.33. The molecule has 0 radical (unpaired) electrons. The largest absolute Gasteiger partial charge is 0.481 e. The molecule has 0 spiro atoms. The number of imidazole rings is 1. The second-order valence-electron chi connectivity index (χ2n) is 7.09. The summed E-state index contributed by atoms with van der Waals surface area (Å²) < 4.78 is 4.27. The van der Waals surface area contributed by atoms with Crippen molar-refractivity contribution in [3.63, 3.8) is 0 Å². The Morgan fingerprint density at radius 1 is 1.33 bits per heavy atom. The minimum atomic E-state index is -0.773. The molecule has 24 heavy (non-hydrogen) atoms. The highest BCUT2D eigenvalue weighted by Gasteiger charge is 2.37. The van der Waals surface area contributed by atoms with Gasteiger partial charge < -0.3 is 9.67 Å². The molecule has 130 valence electrons. The molecule has 0 aliphatic heterocycles. The van der Waals surface area contributed by atoms with E-state index in [1.165, 1.54) is 15.5 Å². The lowest BCUT2D eigenvalue weighted by molar-refractivity contribution is -0.150. The standard InChI is InChI=1S/C16H22N4O4/c1-16(14(22)23)6-4-10(5-7-16)8-20-13(21)11-12(17-9-18(11)2)19(3)15(20)24/h9-10H,4-8H2,1-3H3,(H,22,23)/t10-,16-. The summed E-state index contributed by atoms with van der Waals surface area (Å²) in [6.07, 6.45) is 4.05. The lowest BCUT2D eigenvalue weighted by atomic mass is 9.72. The van der Waals surface area contributed by atoms with Gasteiger partial charge in [0.15, 0.2) is 11.2 Å². The van der Waals surface area contributed by atoms with Crippen LogP contribution in [0.25, 0.3) is 11.2 Å². The van der Waals surface area contributed by atoms with Crippen molar-refractivity contribution in [1.82, 2.24) is 18.7 Å². The van der Waals surface area contributed by atoms with Crippen LogP contribution in [0.1, 0.15) is 32.6 Å². The molecular weight excluding hydrogens is 312 g/mol. The molecule has 1 aliphatic carbocycles. The molecule has 1 saturated carbocycles. The first-order valence-corrected chi connectivity index (χ1v) is 8.09. The topological polar surface area (TPSA) is 99.1 Å². The molecular formula is C16H22N4O4. The molecule has 2 aromatic rings. The van der Waals surface area contributed by atoms with Gasteiger partial charge in [0.25, 0.3) is 5.56 Å². The first-order chi connectivity index (χ1) is 11.2. The minimum Gasteiger partial charge on any atom is -0.481 e. The third-order valence-electron chi connectivity index (χ3n) is 5.37. The first-order valence-electron chi connectivity index (χ1n) is 8.09. The average molecular weight is 334 g/mol. The van der Waals surface area contributed by atoms with Gasteiger partial charge in [0.05, 0.1) is 11.7 Å². The van der Waals surface area contributed by atoms with Gasteiger partial charge in [0.2, 0.25) is 0 Å². The number of carboxylic acid groups (broad SMARTS) is 1. The van der Waals surface area contributed by atoms with Crippen molar-refractivity contribution in [2.75, 3.05) is 0 Å². The number of nitrogens with zero attached hydrogens (tertiary/aromatic N) is 4. The maximum absolute atomic E-state index is 12.7. The molecule has 0 bridgehead atoms. The Balaban J connectivity index is 1.92. The van der Waals surface area contributed by atoms with E-state index in [4.69, 9.17) is 0 Å². The fourth-order valence-corrected chi connectivity index (χ4v) is 3.53. The van der Waals surface area contributed by atoms with Crippen molar-refractivity contribution < 1.29 is 9.90 Å². The Morgan fingerprint density at radius 3 is 2.54 bits per heavy atom. The number of hydrogen-bond donors (Lipinski definition) is 1. The van der Waals surface area contributed by atoms with E-state index in [0.29, 0.717) is 43.4 Å². The van der Waals surface area contributed by atoms with Crippen LogP contribution in [-0.4, -0.2) is 29.8 Å². The van der Waals surface area contributed by atoms with Crippen molar-refractivity contribution in [3.05, 3.63) is 27.2 Å². The number of aryl methyl sites for hydroxylation is 2. The van der Waals surface area contributed by atoms with Crippen LogP contribution in [0.3, 0.4) is 0 Å². The van der Waals surface area contributed by atoms with E-state index in [-0.39, 0.29) is 17.2 Å². The van der Waals surface area contributed by atoms with Gasteiger partial charge in [-0.25, -0.2) is 9.78 Å². The van der Waals surface area contributed by atoms with Crippen LogP contribution in [-0.2, 0) is 25.4 Å². The van der Waals surface area contributed by atoms with E-state index >= 15 is 0 Å². The maximum atomic E-state index is 12.7. The monoisotopic (exact) mass is 334 g/mol. The number of rotatable bonds is 3.